The van der Waals surface area contributed by atoms with Crippen LogP contribution in [0.4, 0.5) is 5.82 Å². The summed E-state index contributed by atoms with van der Waals surface area (Å²) in [5, 5.41) is 7.25. The van der Waals surface area contributed by atoms with Crippen molar-refractivity contribution in [3.63, 3.8) is 0 Å². The molecule has 3 aromatic rings. The number of aryl methyl sites for hydroxylation is 3. The molecule has 30 heavy (non-hydrogen) atoms. The molecule has 1 amide bonds. The van der Waals surface area contributed by atoms with E-state index in [0.717, 1.165) is 36.1 Å². The first-order valence-corrected chi connectivity index (χ1v) is 11.8. The first-order valence-electron chi connectivity index (χ1n) is 10.1. The highest BCUT2D eigenvalue weighted by Gasteiger charge is 2.20. The molecule has 0 fully saturated rings. The van der Waals surface area contributed by atoms with Gasteiger partial charge in [0.05, 0.1) is 22.9 Å². The maximum atomic E-state index is 12.7. The molecule has 0 spiro atoms. The second-order valence-electron chi connectivity index (χ2n) is 7.72. The van der Waals surface area contributed by atoms with Gasteiger partial charge in [0.1, 0.15) is 5.82 Å². The third kappa shape index (κ3) is 4.62. The third-order valence-electron chi connectivity index (χ3n) is 5.37. The van der Waals surface area contributed by atoms with Crippen LogP contribution in [-0.4, -0.2) is 29.9 Å². The molecule has 1 aliphatic rings. The second kappa shape index (κ2) is 8.44. The molecule has 0 bridgehead atoms. The predicted molar refractivity (Wildman–Crippen MR) is 116 cm³/mol. The van der Waals surface area contributed by atoms with Gasteiger partial charge in [0.15, 0.2) is 9.84 Å². The van der Waals surface area contributed by atoms with Gasteiger partial charge in [0.25, 0.3) is 0 Å². The van der Waals surface area contributed by atoms with E-state index in [9.17, 15) is 13.2 Å². The second-order valence-corrected chi connectivity index (χ2v) is 9.82. The molecule has 156 valence electrons. The van der Waals surface area contributed by atoms with E-state index in [2.05, 4.69) is 10.4 Å². The molecule has 1 aliphatic carbocycles. The SMILES string of the molecule is Cc1cc(NC(=O)CCS(=O)(=O)c2ccc3c(c2)CCC3)n(Cc2ccccc2)n1. The van der Waals surface area contributed by atoms with Crippen molar-refractivity contribution < 1.29 is 13.2 Å². The minimum atomic E-state index is -3.51. The normalized spacial score (nSPS) is 13.2. The van der Waals surface area contributed by atoms with E-state index >= 15 is 0 Å². The van der Waals surface area contributed by atoms with Gasteiger partial charge in [0, 0.05) is 12.5 Å². The Morgan fingerprint density at radius 1 is 1.07 bits per heavy atom. The topological polar surface area (TPSA) is 81.1 Å². The maximum Gasteiger partial charge on any atom is 0.226 e. The van der Waals surface area contributed by atoms with Crippen molar-refractivity contribution in [2.24, 2.45) is 0 Å². The summed E-state index contributed by atoms with van der Waals surface area (Å²) in [6, 6.07) is 17.0. The van der Waals surface area contributed by atoms with E-state index in [1.54, 1.807) is 22.9 Å². The Balaban J connectivity index is 1.40. The molecule has 1 aromatic heterocycles. The summed E-state index contributed by atoms with van der Waals surface area (Å²) < 4.78 is 27.1. The molecule has 0 radical (unpaired) electrons. The highest BCUT2D eigenvalue weighted by Crippen LogP contribution is 2.25. The van der Waals surface area contributed by atoms with Crippen molar-refractivity contribution in [1.82, 2.24) is 9.78 Å². The summed E-state index contributed by atoms with van der Waals surface area (Å²) in [4.78, 5) is 12.8. The third-order valence-corrected chi connectivity index (χ3v) is 7.09. The number of fused-ring (bicyclic) bond motifs is 1. The van der Waals surface area contributed by atoms with Crippen LogP contribution in [0.2, 0.25) is 0 Å². The van der Waals surface area contributed by atoms with Crippen molar-refractivity contribution >= 4 is 21.6 Å². The number of nitrogens with zero attached hydrogens (tertiary/aromatic N) is 2. The standard InChI is InChI=1S/C23H25N3O3S/c1-17-14-22(26(25-17)16-18-6-3-2-4-7-18)24-23(27)12-13-30(28,29)21-11-10-19-8-5-9-20(19)15-21/h2-4,6-7,10-11,14-15H,5,8-9,12-13,16H2,1H3,(H,24,27). The number of rotatable bonds is 7. The lowest BCUT2D eigenvalue weighted by atomic mass is 10.1. The number of hydrogen-bond donors (Lipinski definition) is 1. The van der Waals surface area contributed by atoms with E-state index in [1.165, 1.54) is 5.56 Å². The van der Waals surface area contributed by atoms with Gasteiger partial charge >= 0.3 is 0 Å². The molecule has 1 N–H and O–H groups in total. The number of carbonyl (C=O) groups excluding carboxylic acids is 1. The van der Waals surface area contributed by atoms with Gasteiger partial charge < -0.3 is 5.32 Å². The van der Waals surface area contributed by atoms with E-state index in [0.29, 0.717) is 17.3 Å². The van der Waals surface area contributed by atoms with Crippen LogP contribution in [0.3, 0.4) is 0 Å². The monoisotopic (exact) mass is 423 g/mol. The van der Waals surface area contributed by atoms with Gasteiger partial charge in [-0.2, -0.15) is 5.10 Å². The van der Waals surface area contributed by atoms with E-state index < -0.39 is 9.84 Å². The summed E-state index contributed by atoms with van der Waals surface area (Å²) in [6.07, 6.45) is 2.89. The van der Waals surface area contributed by atoms with Crippen LogP contribution < -0.4 is 5.32 Å². The number of sulfone groups is 1. The minimum absolute atomic E-state index is 0.102. The van der Waals surface area contributed by atoms with Gasteiger partial charge in [-0.1, -0.05) is 36.4 Å². The molecule has 7 heteroatoms. The highest BCUT2D eigenvalue weighted by atomic mass is 32.2. The van der Waals surface area contributed by atoms with Crippen molar-refractivity contribution in [2.45, 2.75) is 44.0 Å². The highest BCUT2D eigenvalue weighted by molar-refractivity contribution is 7.91. The molecule has 0 saturated carbocycles. The fourth-order valence-corrected chi connectivity index (χ4v) is 5.10. The molecular formula is C23H25N3O3S. The molecule has 0 aliphatic heterocycles. The van der Waals surface area contributed by atoms with Crippen LogP contribution in [0, 0.1) is 6.92 Å². The fraction of sp³-hybridized carbons (Fsp3) is 0.304. The Bertz CT molecular complexity index is 1170. The Morgan fingerprint density at radius 3 is 2.63 bits per heavy atom. The summed E-state index contributed by atoms with van der Waals surface area (Å²) in [6.45, 7) is 2.38. The van der Waals surface area contributed by atoms with Crippen LogP contribution in [0.1, 0.15) is 35.2 Å². The van der Waals surface area contributed by atoms with E-state index in [4.69, 9.17) is 0 Å². The maximum absolute atomic E-state index is 12.7. The zero-order valence-corrected chi connectivity index (χ0v) is 17.8. The quantitative estimate of drug-likeness (QED) is 0.630. The summed E-state index contributed by atoms with van der Waals surface area (Å²) in [7, 11) is -3.51. The minimum Gasteiger partial charge on any atom is -0.311 e. The number of nitrogens with one attached hydrogen (secondary N) is 1. The van der Waals surface area contributed by atoms with Crippen LogP contribution in [-0.2, 0) is 34.0 Å². The number of anilines is 1. The first-order chi connectivity index (χ1) is 14.4. The average molecular weight is 424 g/mol. The smallest absolute Gasteiger partial charge is 0.226 e. The van der Waals surface area contributed by atoms with E-state index in [1.807, 2.05) is 43.3 Å². The zero-order valence-electron chi connectivity index (χ0n) is 17.0. The largest absolute Gasteiger partial charge is 0.311 e. The molecule has 4 rings (SSSR count). The van der Waals surface area contributed by atoms with Crippen LogP contribution in [0.5, 0.6) is 0 Å². The molecule has 6 nitrogen and oxygen atoms in total. The molecular weight excluding hydrogens is 398 g/mol. The summed E-state index contributed by atoms with van der Waals surface area (Å²) >= 11 is 0. The Hall–Kier alpha value is -2.93. The van der Waals surface area contributed by atoms with Crippen molar-refractivity contribution in [3.8, 4) is 0 Å². The molecule has 1 heterocycles. The zero-order chi connectivity index (χ0) is 21.1. The van der Waals surface area contributed by atoms with Gasteiger partial charge in [-0.05, 0) is 55.0 Å². The number of aromatic nitrogens is 2. The Labute approximate surface area is 176 Å². The number of carbonyl (C=O) groups is 1. The number of hydrogen-bond acceptors (Lipinski definition) is 4. The Morgan fingerprint density at radius 2 is 1.83 bits per heavy atom. The predicted octanol–water partition coefficient (Wildman–Crippen LogP) is 3.53. The lowest BCUT2D eigenvalue weighted by Gasteiger charge is -2.10. The lowest BCUT2D eigenvalue weighted by molar-refractivity contribution is -0.115. The summed E-state index contributed by atoms with van der Waals surface area (Å²) in [5.74, 6) is 0.00824. The van der Waals surface area contributed by atoms with E-state index in [-0.39, 0.29) is 18.1 Å². The Kier molecular flexibility index (Phi) is 5.72. The van der Waals surface area contributed by atoms with Gasteiger partial charge in [-0.3, -0.25) is 4.79 Å². The van der Waals surface area contributed by atoms with Gasteiger partial charge in [0.2, 0.25) is 5.91 Å². The van der Waals surface area contributed by atoms with Crippen molar-refractivity contribution in [1.29, 1.82) is 0 Å². The van der Waals surface area contributed by atoms with Crippen molar-refractivity contribution in [2.75, 3.05) is 11.1 Å². The molecule has 0 atom stereocenters. The lowest BCUT2D eigenvalue weighted by Crippen LogP contribution is -2.19. The molecule has 0 saturated heterocycles. The van der Waals surface area contributed by atoms with Crippen molar-refractivity contribution in [3.05, 3.63) is 77.0 Å². The molecule has 0 unspecified atom stereocenters. The van der Waals surface area contributed by atoms with Crippen LogP contribution in [0.15, 0.2) is 59.5 Å². The van der Waals surface area contributed by atoms with Gasteiger partial charge in [-0.15, -0.1) is 0 Å². The van der Waals surface area contributed by atoms with Crippen LogP contribution >= 0.6 is 0 Å². The number of benzene rings is 2. The number of amides is 1. The average Bonchev–Trinajstić information content (AvgIpc) is 3.33. The van der Waals surface area contributed by atoms with Crippen LogP contribution in [0.25, 0.3) is 0 Å². The van der Waals surface area contributed by atoms with Gasteiger partial charge in [-0.25, -0.2) is 13.1 Å². The first kappa shape index (κ1) is 20.3. The summed E-state index contributed by atoms with van der Waals surface area (Å²) in [5.41, 5.74) is 4.19. The fourth-order valence-electron chi connectivity index (χ4n) is 3.81. The molecule has 2 aromatic carbocycles.